The van der Waals surface area contributed by atoms with E-state index in [1.807, 2.05) is 0 Å². The van der Waals surface area contributed by atoms with Gasteiger partial charge in [-0.05, 0) is 26.8 Å². The molecule has 0 fully saturated rings. The zero-order valence-electron chi connectivity index (χ0n) is 14.9. The molecule has 2 nitrogen and oxygen atoms in total. The highest BCUT2D eigenvalue weighted by atomic mass is 15.1. The minimum atomic E-state index is 0.996. The van der Waals surface area contributed by atoms with Gasteiger partial charge in [-0.1, -0.05) is 42.0 Å². The Bertz CT molecular complexity index is 851. The second kappa shape index (κ2) is 6.11. The van der Waals surface area contributed by atoms with E-state index >= 15 is 0 Å². The first-order valence-corrected chi connectivity index (χ1v) is 8.45. The molecular weight excluding hydrogens is 280 g/mol. The molecule has 0 N–H and O–H groups in total. The van der Waals surface area contributed by atoms with Crippen LogP contribution in [-0.4, -0.2) is 27.2 Å². The molecule has 23 heavy (non-hydrogen) atoms. The van der Waals surface area contributed by atoms with Crippen molar-refractivity contribution >= 4 is 32.9 Å². The van der Waals surface area contributed by atoms with Crippen LogP contribution in [0.1, 0.15) is 19.4 Å². The smallest absolute Gasteiger partial charge is 0.0524 e. The van der Waals surface area contributed by atoms with Gasteiger partial charge in [0.2, 0.25) is 0 Å². The van der Waals surface area contributed by atoms with Crippen molar-refractivity contribution in [2.24, 2.45) is 0 Å². The van der Waals surface area contributed by atoms with Gasteiger partial charge in [-0.15, -0.1) is 0 Å². The van der Waals surface area contributed by atoms with E-state index in [0.717, 1.165) is 13.1 Å². The minimum absolute atomic E-state index is 0.996. The number of nitrogens with zero attached hydrogens (tertiary/aromatic N) is 2. The molecule has 3 rings (SSSR count). The lowest BCUT2D eigenvalue weighted by Gasteiger charge is -2.27. The summed E-state index contributed by atoms with van der Waals surface area (Å²) in [7, 11) is 4.37. The standard InChI is InChI=1S/C21H26N2/c1-6-22(4)20-16-10-8-9-11-17(16)21(23(5)7-2)19-14-15(3)12-13-18(19)20/h8-14H,6-7H2,1-5H3. The minimum Gasteiger partial charge on any atom is -0.374 e. The van der Waals surface area contributed by atoms with Gasteiger partial charge >= 0.3 is 0 Å². The van der Waals surface area contributed by atoms with Crippen LogP contribution >= 0.6 is 0 Å². The molecule has 0 aliphatic heterocycles. The van der Waals surface area contributed by atoms with Crippen LogP contribution in [0.4, 0.5) is 11.4 Å². The summed E-state index contributed by atoms with van der Waals surface area (Å²) in [5.41, 5.74) is 3.99. The lowest BCUT2D eigenvalue weighted by molar-refractivity contribution is 0.972. The molecular formula is C21H26N2. The van der Waals surface area contributed by atoms with Gasteiger partial charge in [-0.2, -0.15) is 0 Å². The summed E-state index contributed by atoms with van der Waals surface area (Å²) < 4.78 is 0. The van der Waals surface area contributed by atoms with Crippen molar-refractivity contribution in [3.63, 3.8) is 0 Å². The molecule has 0 aromatic heterocycles. The molecule has 0 radical (unpaired) electrons. The number of aryl methyl sites for hydroxylation is 1. The van der Waals surface area contributed by atoms with Crippen molar-refractivity contribution in [2.45, 2.75) is 20.8 Å². The first-order chi connectivity index (χ1) is 11.1. The van der Waals surface area contributed by atoms with E-state index in [-0.39, 0.29) is 0 Å². The van der Waals surface area contributed by atoms with Crippen LogP contribution in [0.2, 0.25) is 0 Å². The fourth-order valence-corrected chi connectivity index (χ4v) is 3.39. The van der Waals surface area contributed by atoms with Crippen molar-refractivity contribution in [1.29, 1.82) is 0 Å². The van der Waals surface area contributed by atoms with Crippen LogP contribution in [0.25, 0.3) is 21.5 Å². The zero-order valence-corrected chi connectivity index (χ0v) is 14.9. The first kappa shape index (κ1) is 15.7. The predicted octanol–water partition coefficient (Wildman–Crippen LogP) is 5.21. The van der Waals surface area contributed by atoms with E-state index in [1.165, 1.54) is 38.5 Å². The van der Waals surface area contributed by atoms with Gasteiger partial charge in [0.25, 0.3) is 0 Å². The van der Waals surface area contributed by atoms with Crippen molar-refractivity contribution < 1.29 is 0 Å². The Morgan fingerprint density at radius 3 is 1.70 bits per heavy atom. The first-order valence-electron chi connectivity index (χ1n) is 8.45. The number of benzene rings is 3. The van der Waals surface area contributed by atoms with Crippen LogP contribution in [0, 0.1) is 6.92 Å². The molecule has 0 saturated heterocycles. The second-order valence-electron chi connectivity index (χ2n) is 6.32. The Balaban J connectivity index is 2.56. The molecule has 120 valence electrons. The molecule has 0 amide bonds. The summed E-state index contributed by atoms with van der Waals surface area (Å²) in [4.78, 5) is 4.72. The van der Waals surface area contributed by atoms with Gasteiger partial charge < -0.3 is 9.80 Å². The molecule has 0 atom stereocenters. The summed E-state index contributed by atoms with van der Waals surface area (Å²) in [6.45, 7) is 8.59. The fraction of sp³-hybridized carbons (Fsp3) is 0.333. The molecule has 0 spiro atoms. The summed E-state index contributed by atoms with van der Waals surface area (Å²) in [6.07, 6.45) is 0. The van der Waals surface area contributed by atoms with Crippen LogP contribution in [0.3, 0.4) is 0 Å². The summed E-state index contributed by atoms with van der Waals surface area (Å²) in [6, 6.07) is 15.6. The zero-order chi connectivity index (χ0) is 16.6. The number of fused-ring (bicyclic) bond motifs is 2. The van der Waals surface area contributed by atoms with E-state index in [2.05, 4.69) is 87.1 Å². The summed E-state index contributed by atoms with van der Waals surface area (Å²) in [5.74, 6) is 0. The van der Waals surface area contributed by atoms with Crippen molar-refractivity contribution in [3.05, 3.63) is 48.0 Å². The summed E-state index contributed by atoms with van der Waals surface area (Å²) >= 11 is 0. The Kier molecular flexibility index (Phi) is 4.16. The number of rotatable bonds is 4. The molecule has 0 unspecified atom stereocenters. The van der Waals surface area contributed by atoms with Gasteiger partial charge in [0.05, 0.1) is 11.4 Å². The maximum atomic E-state index is 2.36. The van der Waals surface area contributed by atoms with Gasteiger partial charge in [0.15, 0.2) is 0 Å². The van der Waals surface area contributed by atoms with E-state index < -0.39 is 0 Å². The van der Waals surface area contributed by atoms with Crippen molar-refractivity contribution in [1.82, 2.24) is 0 Å². The number of hydrogen-bond acceptors (Lipinski definition) is 2. The lowest BCUT2D eigenvalue weighted by Crippen LogP contribution is -2.19. The third kappa shape index (κ3) is 2.52. The van der Waals surface area contributed by atoms with Crippen LogP contribution < -0.4 is 9.80 Å². The Morgan fingerprint density at radius 1 is 0.696 bits per heavy atom. The highest BCUT2D eigenvalue weighted by molar-refractivity contribution is 6.20. The topological polar surface area (TPSA) is 6.48 Å². The highest BCUT2D eigenvalue weighted by Gasteiger charge is 2.17. The third-order valence-electron chi connectivity index (χ3n) is 4.83. The molecule has 3 aromatic rings. The van der Waals surface area contributed by atoms with Crippen LogP contribution in [0.5, 0.6) is 0 Å². The van der Waals surface area contributed by atoms with Crippen molar-refractivity contribution in [3.8, 4) is 0 Å². The maximum Gasteiger partial charge on any atom is 0.0524 e. The Labute approximate surface area is 139 Å². The van der Waals surface area contributed by atoms with E-state index in [0.29, 0.717) is 0 Å². The molecule has 0 aliphatic carbocycles. The maximum absolute atomic E-state index is 2.36. The van der Waals surface area contributed by atoms with E-state index in [9.17, 15) is 0 Å². The highest BCUT2D eigenvalue weighted by Crippen LogP contribution is 2.42. The lowest BCUT2D eigenvalue weighted by atomic mass is 9.96. The van der Waals surface area contributed by atoms with Gasteiger partial charge in [0, 0.05) is 48.7 Å². The summed E-state index contributed by atoms with van der Waals surface area (Å²) in [5, 5.41) is 5.37. The molecule has 2 heteroatoms. The van der Waals surface area contributed by atoms with Gasteiger partial charge in [0.1, 0.15) is 0 Å². The molecule has 0 aliphatic rings. The third-order valence-corrected chi connectivity index (χ3v) is 4.83. The Morgan fingerprint density at radius 2 is 1.17 bits per heavy atom. The predicted molar refractivity (Wildman–Crippen MR) is 104 cm³/mol. The quantitative estimate of drug-likeness (QED) is 0.482. The van der Waals surface area contributed by atoms with E-state index in [4.69, 9.17) is 0 Å². The number of anilines is 2. The molecule has 3 aromatic carbocycles. The van der Waals surface area contributed by atoms with Crippen LogP contribution in [-0.2, 0) is 0 Å². The second-order valence-corrected chi connectivity index (χ2v) is 6.32. The van der Waals surface area contributed by atoms with Crippen LogP contribution in [0.15, 0.2) is 42.5 Å². The van der Waals surface area contributed by atoms with Gasteiger partial charge in [-0.25, -0.2) is 0 Å². The molecule has 0 saturated carbocycles. The largest absolute Gasteiger partial charge is 0.374 e. The molecule has 0 bridgehead atoms. The van der Waals surface area contributed by atoms with Crippen molar-refractivity contribution in [2.75, 3.05) is 37.0 Å². The van der Waals surface area contributed by atoms with E-state index in [1.54, 1.807) is 0 Å². The fourth-order valence-electron chi connectivity index (χ4n) is 3.39. The Hall–Kier alpha value is -2.22. The number of hydrogen-bond donors (Lipinski definition) is 0. The SMILES string of the molecule is CCN(C)c1c2ccccc2c(N(C)CC)c2cc(C)ccc12. The average molecular weight is 306 g/mol. The monoisotopic (exact) mass is 306 g/mol. The van der Waals surface area contributed by atoms with Gasteiger partial charge in [-0.3, -0.25) is 0 Å². The normalized spacial score (nSPS) is 11.2. The molecule has 0 heterocycles. The average Bonchev–Trinajstić information content (AvgIpc) is 2.58.